The molecule has 0 atom stereocenters. The Morgan fingerprint density at radius 1 is 1.07 bits per heavy atom. The predicted octanol–water partition coefficient (Wildman–Crippen LogP) is 5.13. The molecule has 2 aromatic heterocycles. The number of halogens is 1. The molecule has 0 radical (unpaired) electrons. The van der Waals surface area contributed by atoms with Crippen LogP contribution in [-0.4, -0.2) is 27.8 Å². The molecule has 8 heteroatoms. The molecule has 6 nitrogen and oxygen atoms in total. The van der Waals surface area contributed by atoms with E-state index in [9.17, 15) is 0 Å². The molecule has 0 aliphatic rings. The molecule has 0 N–H and O–H groups in total. The van der Waals surface area contributed by atoms with Crippen LogP contribution in [0.2, 0.25) is 5.15 Å². The van der Waals surface area contributed by atoms with Gasteiger partial charge in [-0.25, -0.2) is 14.4 Å². The Balaban J connectivity index is 1.70. The third kappa shape index (κ3) is 4.08. The number of aromatic nitrogens is 3. The number of aryl methyl sites for hydroxylation is 2. The number of rotatable bonds is 5. The average molecular weight is 438 g/mol. The van der Waals surface area contributed by atoms with Gasteiger partial charge in [-0.15, -0.1) is 11.3 Å². The van der Waals surface area contributed by atoms with E-state index in [1.165, 1.54) is 11.3 Å². The van der Waals surface area contributed by atoms with Gasteiger partial charge in [0, 0.05) is 5.38 Å². The van der Waals surface area contributed by atoms with Crippen molar-refractivity contribution in [1.29, 1.82) is 0 Å². The van der Waals surface area contributed by atoms with Crippen molar-refractivity contribution in [3.05, 3.63) is 86.9 Å². The Morgan fingerprint density at radius 3 is 2.50 bits per heavy atom. The smallest absolute Gasteiger partial charge is 0.211 e. The van der Waals surface area contributed by atoms with Crippen LogP contribution >= 0.6 is 22.9 Å². The van der Waals surface area contributed by atoms with E-state index in [1.807, 2.05) is 73.8 Å². The van der Waals surface area contributed by atoms with Crippen molar-refractivity contribution in [2.24, 2.45) is 10.1 Å². The molecule has 0 unspecified atom stereocenters. The molecule has 2 heterocycles. The molecule has 0 saturated carbocycles. The lowest BCUT2D eigenvalue weighted by molar-refractivity contribution is 0.415. The largest absolute Gasteiger partial charge is 0.497 e. The Labute approximate surface area is 183 Å². The van der Waals surface area contributed by atoms with Crippen LogP contribution in [0.5, 0.6) is 5.75 Å². The van der Waals surface area contributed by atoms with Crippen LogP contribution in [0.1, 0.15) is 17.0 Å². The molecular weight excluding hydrogens is 418 g/mol. The van der Waals surface area contributed by atoms with Crippen LogP contribution < -0.4 is 9.54 Å². The van der Waals surface area contributed by atoms with Crippen molar-refractivity contribution in [1.82, 2.24) is 14.5 Å². The topological polar surface area (TPSA) is 56.7 Å². The van der Waals surface area contributed by atoms with Crippen LogP contribution in [0.3, 0.4) is 0 Å². The molecule has 0 bridgehead atoms. The molecule has 152 valence electrons. The minimum Gasteiger partial charge on any atom is -0.497 e. The van der Waals surface area contributed by atoms with E-state index in [0.717, 1.165) is 38.9 Å². The fourth-order valence-corrected chi connectivity index (χ4v) is 4.03. The first-order chi connectivity index (χ1) is 14.6. The van der Waals surface area contributed by atoms with Gasteiger partial charge in [0.1, 0.15) is 10.9 Å². The van der Waals surface area contributed by atoms with Gasteiger partial charge in [0.15, 0.2) is 0 Å². The first-order valence-corrected chi connectivity index (χ1v) is 10.5. The third-order valence-corrected chi connectivity index (χ3v) is 5.80. The van der Waals surface area contributed by atoms with Gasteiger partial charge >= 0.3 is 0 Å². The highest BCUT2D eigenvalue weighted by Gasteiger charge is 2.13. The lowest BCUT2D eigenvalue weighted by Gasteiger charge is -2.02. The van der Waals surface area contributed by atoms with Gasteiger partial charge in [-0.05, 0) is 50.2 Å². The summed E-state index contributed by atoms with van der Waals surface area (Å²) in [5.41, 5.74) is 4.28. The number of nitrogens with zero attached hydrogens (tertiary/aromatic N) is 5. The lowest BCUT2D eigenvalue weighted by atomic mass is 10.3. The minimum absolute atomic E-state index is 0.518. The Hall–Kier alpha value is -3.16. The van der Waals surface area contributed by atoms with E-state index in [0.29, 0.717) is 5.15 Å². The van der Waals surface area contributed by atoms with Gasteiger partial charge in [-0.2, -0.15) is 10.2 Å². The maximum absolute atomic E-state index is 6.61. The zero-order valence-electron chi connectivity index (χ0n) is 16.8. The van der Waals surface area contributed by atoms with Crippen LogP contribution in [0.4, 0.5) is 5.69 Å². The third-order valence-electron chi connectivity index (χ3n) is 4.50. The number of hydrogen-bond acceptors (Lipinski definition) is 5. The fraction of sp³-hybridized carbons (Fsp3) is 0.136. The maximum Gasteiger partial charge on any atom is 0.211 e. The number of para-hydroxylation sites is 1. The molecule has 0 aliphatic carbocycles. The Kier molecular flexibility index (Phi) is 5.83. The Morgan fingerprint density at radius 2 is 1.80 bits per heavy atom. The van der Waals surface area contributed by atoms with E-state index in [-0.39, 0.29) is 0 Å². The molecule has 0 amide bonds. The second-order valence-electron chi connectivity index (χ2n) is 6.56. The normalized spacial score (nSPS) is 12.1. The van der Waals surface area contributed by atoms with Crippen molar-refractivity contribution in [2.45, 2.75) is 13.8 Å². The summed E-state index contributed by atoms with van der Waals surface area (Å²) in [7, 11) is 1.64. The maximum atomic E-state index is 6.61. The van der Waals surface area contributed by atoms with Crippen LogP contribution in [0.25, 0.3) is 5.69 Å². The van der Waals surface area contributed by atoms with Crippen LogP contribution in [0, 0.1) is 13.8 Å². The SMILES string of the molecule is COc1ccc(N=c2scc(C)n2N=Cc2c(C)nn(-c3ccccc3)c2Cl)cc1. The summed E-state index contributed by atoms with van der Waals surface area (Å²) < 4.78 is 8.71. The summed E-state index contributed by atoms with van der Waals surface area (Å²) in [6, 6.07) is 17.4. The quantitative estimate of drug-likeness (QED) is 0.406. The monoisotopic (exact) mass is 437 g/mol. The van der Waals surface area contributed by atoms with E-state index in [2.05, 4.69) is 10.2 Å². The standard InChI is InChI=1S/C22H20ClN5OS/c1-15-14-30-22(25-17-9-11-19(29-3)12-10-17)27(15)24-13-20-16(2)26-28(21(20)23)18-7-5-4-6-8-18/h4-14H,1-3H3. The van der Waals surface area contributed by atoms with Crippen molar-refractivity contribution in [3.8, 4) is 11.4 Å². The van der Waals surface area contributed by atoms with Crippen molar-refractivity contribution < 1.29 is 4.74 Å². The summed E-state index contributed by atoms with van der Waals surface area (Å²) in [5.74, 6) is 0.794. The lowest BCUT2D eigenvalue weighted by Crippen LogP contribution is -2.11. The molecule has 2 aromatic carbocycles. The zero-order chi connectivity index (χ0) is 21.1. The Bertz CT molecular complexity index is 1250. The number of methoxy groups -OCH3 is 1. The highest BCUT2D eigenvalue weighted by Crippen LogP contribution is 2.22. The van der Waals surface area contributed by atoms with Gasteiger partial charge < -0.3 is 4.74 Å². The number of ether oxygens (including phenoxy) is 1. The number of benzene rings is 2. The van der Waals surface area contributed by atoms with Crippen LogP contribution in [0.15, 0.2) is 70.1 Å². The van der Waals surface area contributed by atoms with Gasteiger partial charge in [0.05, 0.1) is 41.7 Å². The van der Waals surface area contributed by atoms with Crippen molar-refractivity contribution >= 4 is 34.8 Å². The molecule has 0 aliphatic heterocycles. The predicted molar refractivity (Wildman–Crippen MR) is 122 cm³/mol. The fourth-order valence-electron chi connectivity index (χ4n) is 2.88. The molecule has 0 spiro atoms. The molecule has 0 fully saturated rings. The molecule has 4 aromatic rings. The molecular formula is C22H20ClN5OS. The highest BCUT2D eigenvalue weighted by molar-refractivity contribution is 7.07. The molecule has 0 saturated heterocycles. The first-order valence-electron chi connectivity index (χ1n) is 9.27. The summed E-state index contributed by atoms with van der Waals surface area (Å²) in [4.78, 5) is 5.47. The second-order valence-corrected chi connectivity index (χ2v) is 7.76. The van der Waals surface area contributed by atoms with E-state index < -0.39 is 0 Å². The van der Waals surface area contributed by atoms with Crippen molar-refractivity contribution in [2.75, 3.05) is 7.11 Å². The van der Waals surface area contributed by atoms with Gasteiger partial charge in [-0.1, -0.05) is 29.8 Å². The molecule has 30 heavy (non-hydrogen) atoms. The summed E-state index contributed by atoms with van der Waals surface area (Å²) in [6.45, 7) is 3.91. The summed E-state index contributed by atoms with van der Waals surface area (Å²) >= 11 is 8.13. The van der Waals surface area contributed by atoms with E-state index in [4.69, 9.17) is 21.3 Å². The average Bonchev–Trinajstić information content (AvgIpc) is 3.26. The number of thiazole rings is 1. The summed E-state index contributed by atoms with van der Waals surface area (Å²) in [6.07, 6.45) is 1.73. The van der Waals surface area contributed by atoms with Gasteiger partial charge in [-0.3, -0.25) is 0 Å². The first kappa shape index (κ1) is 20.1. The summed E-state index contributed by atoms with van der Waals surface area (Å²) in [5, 5.41) is 11.7. The number of hydrogen-bond donors (Lipinski definition) is 0. The second kappa shape index (κ2) is 8.69. The van der Waals surface area contributed by atoms with Crippen LogP contribution in [-0.2, 0) is 0 Å². The molecule has 4 rings (SSSR count). The van der Waals surface area contributed by atoms with E-state index in [1.54, 1.807) is 22.7 Å². The van der Waals surface area contributed by atoms with Crippen molar-refractivity contribution in [3.63, 3.8) is 0 Å². The zero-order valence-corrected chi connectivity index (χ0v) is 18.4. The van der Waals surface area contributed by atoms with Gasteiger partial charge in [0.25, 0.3) is 0 Å². The van der Waals surface area contributed by atoms with E-state index >= 15 is 0 Å². The highest BCUT2D eigenvalue weighted by atomic mass is 35.5. The minimum atomic E-state index is 0.518. The van der Waals surface area contributed by atoms with Gasteiger partial charge in [0.2, 0.25) is 4.80 Å².